The van der Waals surface area contributed by atoms with Crippen molar-refractivity contribution in [3.05, 3.63) is 29.2 Å². The average Bonchev–Trinajstić information content (AvgIpc) is 2.69. The molecule has 14 heavy (non-hydrogen) atoms. The van der Waals surface area contributed by atoms with Gasteiger partial charge in [0.15, 0.2) is 0 Å². The predicted molar refractivity (Wildman–Crippen MR) is 61.8 cm³/mol. The van der Waals surface area contributed by atoms with E-state index in [4.69, 9.17) is 0 Å². The van der Waals surface area contributed by atoms with Crippen LogP contribution in [0.5, 0.6) is 0 Å². The molecular formula is C10H17N3S. The van der Waals surface area contributed by atoms with Crippen LogP contribution in [0.25, 0.3) is 0 Å². The minimum Gasteiger partial charge on any atom is -0.315 e. The maximum absolute atomic E-state index is 4.21. The van der Waals surface area contributed by atoms with Gasteiger partial charge in [-0.3, -0.25) is 0 Å². The fourth-order valence-electron chi connectivity index (χ4n) is 1.08. The number of hydrogen-bond donors (Lipinski definition) is 2. The van der Waals surface area contributed by atoms with E-state index in [1.54, 1.807) is 11.3 Å². The second-order valence-corrected chi connectivity index (χ2v) is 3.69. The number of aromatic nitrogens is 1. The van der Waals surface area contributed by atoms with Crippen molar-refractivity contribution in [2.45, 2.75) is 6.42 Å². The number of nitrogens with zero attached hydrogens (tertiary/aromatic N) is 1. The van der Waals surface area contributed by atoms with Gasteiger partial charge in [-0.25, -0.2) is 4.98 Å². The van der Waals surface area contributed by atoms with Gasteiger partial charge in [-0.1, -0.05) is 6.08 Å². The molecule has 0 amide bonds. The maximum Gasteiger partial charge on any atom is 0.0794 e. The Kier molecular flexibility index (Phi) is 6.23. The van der Waals surface area contributed by atoms with Gasteiger partial charge in [-0.2, -0.15) is 0 Å². The quantitative estimate of drug-likeness (QED) is 0.498. The van der Waals surface area contributed by atoms with E-state index in [2.05, 4.69) is 27.6 Å². The maximum atomic E-state index is 4.21. The molecule has 0 aliphatic carbocycles. The molecule has 0 unspecified atom stereocenters. The fourth-order valence-corrected chi connectivity index (χ4v) is 1.68. The monoisotopic (exact) mass is 211 g/mol. The third kappa shape index (κ3) is 5.11. The highest BCUT2D eigenvalue weighted by Gasteiger charge is 1.93. The molecule has 0 aromatic carbocycles. The van der Waals surface area contributed by atoms with E-state index < -0.39 is 0 Å². The summed E-state index contributed by atoms with van der Waals surface area (Å²) in [5, 5.41) is 8.68. The van der Waals surface area contributed by atoms with Gasteiger partial charge in [0.25, 0.3) is 0 Å². The molecule has 2 N–H and O–H groups in total. The first-order valence-corrected chi connectivity index (χ1v) is 5.77. The molecule has 4 heteroatoms. The third-order valence-electron chi connectivity index (χ3n) is 1.81. The lowest BCUT2D eigenvalue weighted by atomic mass is 10.3. The van der Waals surface area contributed by atoms with Crippen LogP contribution in [0.4, 0.5) is 0 Å². The summed E-state index contributed by atoms with van der Waals surface area (Å²) in [5.41, 5.74) is 3.06. The van der Waals surface area contributed by atoms with E-state index in [9.17, 15) is 0 Å². The lowest BCUT2D eigenvalue weighted by Gasteiger charge is -2.03. The van der Waals surface area contributed by atoms with Crippen LogP contribution in [-0.2, 0) is 6.42 Å². The zero-order chi connectivity index (χ0) is 10.1. The number of hydrogen-bond acceptors (Lipinski definition) is 4. The van der Waals surface area contributed by atoms with Crippen molar-refractivity contribution in [1.29, 1.82) is 0 Å². The fraction of sp³-hybridized carbons (Fsp3) is 0.500. The summed E-state index contributed by atoms with van der Waals surface area (Å²) in [7, 11) is 0. The Morgan fingerprint density at radius 1 is 1.36 bits per heavy atom. The topological polar surface area (TPSA) is 37.0 Å². The summed E-state index contributed by atoms with van der Waals surface area (Å²) in [6.45, 7) is 7.51. The first kappa shape index (κ1) is 11.4. The Balaban J connectivity index is 1.87. The highest BCUT2D eigenvalue weighted by molar-refractivity contribution is 7.07. The van der Waals surface area contributed by atoms with Gasteiger partial charge in [-0.15, -0.1) is 17.9 Å². The molecule has 0 spiro atoms. The molecule has 0 atom stereocenters. The van der Waals surface area contributed by atoms with Crippen LogP contribution in [0.2, 0.25) is 0 Å². The second kappa shape index (κ2) is 7.67. The van der Waals surface area contributed by atoms with E-state index in [0.717, 1.165) is 32.6 Å². The summed E-state index contributed by atoms with van der Waals surface area (Å²) in [6, 6.07) is 0. The van der Waals surface area contributed by atoms with Gasteiger partial charge in [0.1, 0.15) is 0 Å². The van der Waals surface area contributed by atoms with Gasteiger partial charge in [0.05, 0.1) is 11.2 Å². The second-order valence-electron chi connectivity index (χ2n) is 2.97. The van der Waals surface area contributed by atoms with E-state index >= 15 is 0 Å². The molecule has 0 aliphatic rings. The van der Waals surface area contributed by atoms with Crippen molar-refractivity contribution < 1.29 is 0 Å². The van der Waals surface area contributed by atoms with Crippen LogP contribution in [-0.4, -0.2) is 31.2 Å². The molecule has 0 radical (unpaired) electrons. The van der Waals surface area contributed by atoms with E-state index in [-0.39, 0.29) is 0 Å². The molecular weight excluding hydrogens is 194 g/mol. The van der Waals surface area contributed by atoms with E-state index in [0.29, 0.717) is 0 Å². The molecule has 0 saturated heterocycles. The zero-order valence-electron chi connectivity index (χ0n) is 8.33. The first-order chi connectivity index (χ1) is 6.93. The van der Waals surface area contributed by atoms with E-state index in [1.165, 1.54) is 5.69 Å². The lowest BCUT2D eigenvalue weighted by molar-refractivity contribution is 0.632. The Labute approximate surface area is 89.3 Å². The van der Waals surface area contributed by atoms with Crippen molar-refractivity contribution in [3.63, 3.8) is 0 Å². The van der Waals surface area contributed by atoms with Crippen molar-refractivity contribution >= 4 is 11.3 Å². The van der Waals surface area contributed by atoms with Crippen molar-refractivity contribution in [2.75, 3.05) is 26.2 Å². The molecule has 0 saturated carbocycles. The Bertz CT molecular complexity index is 234. The molecule has 78 valence electrons. The SMILES string of the molecule is C=CCNCCNCCc1cscn1. The minimum absolute atomic E-state index is 0.883. The van der Waals surface area contributed by atoms with Crippen molar-refractivity contribution in [3.8, 4) is 0 Å². The highest BCUT2D eigenvalue weighted by Crippen LogP contribution is 2.00. The summed E-state index contributed by atoms with van der Waals surface area (Å²) in [6.07, 6.45) is 2.89. The first-order valence-electron chi connectivity index (χ1n) is 4.83. The summed E-state index contributed by atoms with van der Waals surface area (Å²) in [5.74, 6) is 0. The number of nitrogens with one attached hydrogen (secondary N) is 2. The van der Waals surface area contributed by atoms with Crippen LogP contribution < -0.4 is 10.6 Å². The predicted octanol–water partition coefficient (Wildman–Crippen LogP) is 1.05. The van der Waals surface area contributed by atoms with Gasteiger partial charge >= 0.3 is 0 Å². The molecule has 3 nitrogen and oxygen atoms in total. The van der Waals surface area contributed by atoms with Crippen LogP contribution in [0.1, 0.15) is 5.69 Å². The zero-order valence-corrected chi connectivity index (χ0v) is 9.15. The minimum atomic E-state index is 0.883. The van der Waals surface area contributed by atoms with Crippen LogP contribution >= 0.6 is 11.3 Å². The van der Waals surface area contributed by atoms with Gasteiger partial charge in [0, 0.05) is 38.0 Å². The molecule has 1 aromatic rings. The molecule has 1 heterocycles. The lowest BCUT2D eigenvalue weighted by Crippen LogP contribution is -2.28. The number of thiazole rings is 1. The standard InChI is InChI=1S/C10H17N3S/c1-2-4-11-6-7-12-5-3-10-8-14-9-13-10/h2,8-9,11-12H,1,3-7H2. The highest BCUT2D eigenvalue weighted by atomic mass is 32.1. The smallest absolute Gasteiger partial charge is 0.0794 e. The Morgan fingerprint density at radius 3 is 2.93 bits per heavy atom. The van der Waals surface area contributed by atoms with Gasteiger partial charge in [-0.05, 0) is 0 Å². The van der Waals surface area contributed by atoms with E-state index in [1.807, 2.05) is 11.6 Å². The molecule has 0 aliphatic heterocycles. The third-order valence-corrected chi connectivity index (χ3v) is 2.44. The Morgan fingerprint density at radius 2 is 2.21 bits per heavy atom. The van der Waals surface area contributed by atoms with Crippen molar-refractivity contribution in [1.82, 2.24) is 15.6 Å². The van der Waals surface area contributed by atoms with Gasteiger partial charge in [0.2, 0.25) is 0 Å². The van der Waals surface area contributed by atoms with Crippen molar-refractivity contribution in [2.24, 2.45) is 0 Å². The summed E-state index contributed by atoms with van der Waals surface area (Å²) in [4.78, 5) is 4.21. The Hall–Kier alpha value is -0.710. The normalized spacial score (nSPS) is 10.3. The average molecular weight is 211 g/mol. The van der Waals surface area contributed by atoms with Crippen LogP contribution in [0, 0.1) is 0 Å². The number of rotatable bonds is 8. The molecule has 1 aromatic heterocycles. The summed E-state index contributed by atoms with van der Waals surface area (Å²) >= 11 is 1.65. The van der Waals surface area contributed by atoms with Gasteiger partial charge < -0.3 is 10.6 Å². The largest absolute Gasteiger partial charge is 0.315 e. The van der Waals surface area contributed by atoms with Crippen LogP contribution in [0.3, 0.4) is 0 Å². The van der Waals surface area contributed by atoms with Crippen LogP contribution in [0.15, 0.2) is 23.5 Å². The molecule has 0 fully saturated rings. The molecule has 0 bridgehead atoms. The summed E-state index contributed by atoms with van der Waals surface area (Å²) < 4.78 is 0. The molecule has 1 rings (SSSR count).